The van der Waals surface area contributed by atoms with Gasteiger partial charge in [-0.3, -0.25) is 0 Å². The largest absolute Gasteiger partial charge is 0.309 e. The van der Waals surface area contributed by atoms with Crippen LogP contribution in [0.25, 0.3) is 106 Å². The van der Waals surface area contributed by atoms with Gasteiger partial charge in [0.25, 0.3) is 0 Å². The summed E-state index contributed by atoms with van der Waals surface area (Å²) in [6.07, 6.45) is 0. The Balaban J connectivity index is 0.871. The predicted octanol–water partition coefficient (Wildman–Crippen LogP) is 17.4. The van der Waals surface area contributed by atoms with Crippen molar-refractivity contribution in [1.29, 1.82) is 0 Å². The Morgan fingerprint density at radius 3 is 1.53 bits per heavy atom. The fourth-order valence-electron chi connectivity index (χ4n) is 11.7. The monoisotopic (exact) mass is 915 g/mol. The van der Waals surface area contributed by atoms with Crippen molar-refractivity contribution in [1.82, 2.24) is 14.5 Å². The summed E-state index contributed by atoms with van der Waals surface area (Å²) in [5.41, 5.74) is 20.2. The third-order valence-electron chi connectivity index (χ3n) is 14.9. The van der Waals surface area contributed by atoms with Gasteiger partial charge in [0, 0.05) is 33.2 Å². The minimum Gasteiger partial charge on any atom is -0.309 e. The summed E-state index contributed by atoms with van der Waals surface area (Å²) >= 11 is 0. The number of nitrogens with zero attached hydrogens (tertiary/aromatic N) is 3. The molecule has 0 saturated heterocycles. The summed E-state index contributed by atoms with van der Waals surface area (Å²) in [5.74, 6) is 0.692. The molecule has 0 bridgehead atoms. The van der Waals surface area contributed by atoms with E-state index in [0.717, 1.165) is 44.7 Å². The predicted molar refractivity (Wildman–Crippen MR) is 298 cm³/mol. The van der Waals surface area contributed by atoms with Gasteiger partial charge in [-0.05, 0) is 109 Å². The van der Waals surface area contributed by atoms with Crippen molar-refractivity contribution in [2.45, 2.75) is 5.41 Å². The first-order valence-corrected chi connectivity index (χ1v) is 24.7. The fraction of sp³-hybridized carbons (Fsp3) is 0.0145. The highest BCUT2D eigenvalue weighted by molar-refractivity contribution is 6.12. The van der Waals surface area contributed by atoms with Crippen LogP contribution in [0.1, 0.15) is 22.3 Å². The van der Waals surface area contributed by atoms with Crippen molar-refractivity contribution in [2.75, 3.05) is 0 Å². The molecule has 72 heavy (non-hydrogen) atoms. The molecule has 0 saturated carbocycles. The van der Waals surface area contributed by atoms with Gasteiger partial charge in [0.1, 0.15) is 0 Å². The third kappa shape index (κ3) is 6.59. The van der Waals surface area contributed by atoms with Gasteiger partial charge in [0.05, 0.1) is 27.8 Å². The molecular weight excluding hydrogens is 871 g/mol. The van der Waals surface area contributed by atoms with Gasteiger partial charge in [0.15, 0.2) is 5.82 Å². The van der Waals surface area contributed by atoms with E-state index in [-0.39, 0.29) is 0 Å². The third-order valence-corrected chi connectivity index (χ3v) is 14.9. The van der Waals surface area contributed by atoms with Crippen LogP contribution >= 0.6 is 0 Å². The number of hydrogen-bond donors (Lipinski definition) is 0. The zero-order valence-corrected chi connectivity index (χ0v) is 39.3. The molecule has 0 fully saturated rings. The normalized spacial score (nSPS) is 12.6. The summed E-state index contributed by atoms with van der Waals surface area (Å²) in [4.78, 5) is 10.6. The lowest BCUT2D eigenvalue weighted by atomic mass is 9.67. The summed E-state index contributed by atoms with van der Waals surface area (Å²) in [6.45, 7) is 0. The van der Waals surface area contributed by atoms with Gasteiger partial charge in [-0.1, -0.05) is 231 Å². The molecule has 13 aromatic rings. The summed E-state index contributed by atoms with van der Waals surface area (Å²) < 4.78 is 2.37. The number of benzene rings is 11. The van der Waals surface area contributed by atoms with Gasteiger partial charge < -0.3 is 4.57 Å². The molecule has 0 aliphatic heterocycles. The molecule has 3 nitrogen and oxygen atoms in total. The Labute approximate surface area is 418 Å². The van der Waals surface area contributed by atoms with Gasteiger partial charge in [-0.15, -0.1) is 0 Å². The zero-order valence-electron chi connectivity index (χ0n) is 39.3. The lowest BCUT2D eigenvalue weighted by molar-refractivity contribution is 0.769. The molecule has 3 heteroatoms. The van der Waals surface area contributed by atoms with Gasteiger partial charge in [0.2, 0.25) is 0 Å². The highest BCUT2D eigenvalue weighted by Gasteiger charge is 2.46. The van der Waals surface area contributed by atoms with Crippen molar-refractivity contribution >= 4 is 32.6 Å². The van der Waals surface area contributed by atoms with E-state index >= 15 is 0 Å². The summed E-state index contributed by atoms with van der Waals surface area (Å²) in [5, 5.41) is 4.78. The molecule has 336 valence electrons. The van der Waals surface area contributed by atoms with E-state index in [9.17, 15) is 0 Å². The number of rotatable bonds is 8. The van der Waals surface area contributed by atoms with E-state index in [0.29, 0.717) is 5.82 Å². The number of aromatic nitrogens is 3. The molecule has 0 N–H and O–H groups in total. The van der Waals surface area contributed by atoms with E-state index in [2.05, 4.69) is 271 Å². The van der Waals surface area contributed by atoms with Crippen molar-refractivity contribution in [2.24, 2.45) is 0 Å². The molecule has 1 aliphatic carbocycles. The zero-order chi connectivity index (χ0) is 47.6. The second-order valence-corrected chi connectivity index (χ2v) is 18.8. The molecule has 0 unspecified atom stereocenters. The molecule has 1 aliphatic rings. The van der Waals surface area contributed by atoms with Crippen LogP contribution in [0, 0.1) is 0 Å². The standard InChI is InChI=1S/C69H45N3/c1-5-19-48(20-6-1)68-70-64(47-35-33-46(34-36-47)49-37-39-58-57-29-15-17-31-62(57)69(63(58)44-49,51-21-7-2-8-22-51)52-23-9-3-10-24-52)45-65(71-68)59-41-40-54(55-27-13-14-28-56(55)59)50-38-42-67-61(43-50)60-30-16-18-32-66(60)72(67)53-25-11-4-12-26-53/h1-45H. The maximum atomic E-state index is 5.32. The Kier molecular flexibility index (Phi) is 9.75. The first-order valence-electron chi connectivity index (χ1n) is 24.7. The lowest BCUT2D eigenvalue weighted by Crippen LogP contribution is -2.28. The average Bonchev–Trinajstić information content (AvgIpc) is 3.96. The molecule has 11 aromatic carbocycles. The molecule has 14 rings (SSSR count). The first kappa shape index (κ1) is 41.5. The van der Waals surface area contributed by atoms with E-state index < -0.39 is 5.41 Å². The van der Waals surface area contributed by atoms with Crippen LogP contribution in [-0.4, -0.2) is 14.5 Å². The molecule has 0 atom stereocenters. The van der Waals surface area contributed by atoms with Crippen LogP contribution in [0.4, 0.5) is 0 Å². The number of fused-ring (bicyclic) bond motifs is 7. The molecule has 0 spiro atoms. The van der Waals surface area contributed by atoms with E-state index in [4.69, 9.17) is 9.97 Å². The Bertz CT molecular complexity index is 4140. The molecule has 0 amide bonds. The van der Waals surface area contributed by atoms with E-state index in [1.54, 1.807) is 0 Å². The average molecular weight is 916 g/mol. The Morgan fingerprint density at radius 1 is 0.278 bits per heavy atom. The van der Waals surface area contributed by atoms with Crippen LogP contribution in [0.5, 0.6) is 0 Å². The SMILES string of the molecule is c1ccc(-c2nc(-c3ccc(-c4ccc5c(c4)C(c4ccccc4)(c4ccccc4)c4ccccc4-5)cc3)cc(-c3ccc(-c4ccc5c(c4)c4ccccc4n5-c4ccccc4)c4ccccc34)n2)cc1. The summed E-state index contributed by atoms with van der Waals surface area (Å²) in [7, 11) is 0. The van der Waals surface area contributed by atoms with Crippen LogP contribution < -0.4 is 0 Å². The maximum absolute atomic E-state index is 5.32. The van der Waals surface area contributed by atoms with E-state index in [1.165, 1.54) is 77.3 Å². The maximum Gasteiger partial charge on any atom is 0.160 e. The van der Waals surface area contributed by atoms with Gasteiger partial charge in [-0.2, -0.15) is 0 Å². The van der Waals surface area contributed by atoms with Crippen LogP contribution in [0.2, 0.25) is 0 Å². The highest BCUT2D eigenvalue weighted by Crippen LogP contribution is 2.56. The highest BCUT2D eigenvalue weighted by atomic mass is 15.0. The molecular formula is C69H45N3. The van der Waals surface area contributed by atoms with Crippen molar-refractivity contribution < 1.29 is 0 Å². The van der Waals surface area contributed by atoms with Crippen molar-refractivity contribution in [3.8, 4) is 73.0 Å². The topological polar surface area (TPSA) is 30.7 Å². The van der Waals surface area contributed by atoms with Crippen LogP contribution in [0.3, 0.4) is 0 Å². The minimum absolute atomic E-state index is 0.462. The number of para-hydroxylation sites is 2. The second-order valence-electron chi connectivity index (χ2n) is 18.8. The Morgan fingerprint density at radius 2 is 0.792 bits per heavy atom. The smallest absolute Gasteiger partial charge is 0.160 e. The van der Waals surface area contributed by atoms with Gasteiger partial charge in [-0.25, -0.2) is 9.97 Å². The van der Waals surface area contributed by atoms with Crippen molar-refractivity contribution in [3.05, 3.63) is 295 Å². The first-order chi connectivity index (χ1) is 35.7. The van der Waals surface area contributed by atoms with Gasteiger partial charge >= 0.3 is 0 Å². The van der Waals surface area contributed by atoms with Crippen molar-refractivity contribution in [3.63, 3.8) is 0 Å². The fourth-order valence-corrected chi connectivity index (χ4v) is 11.7. The van der Waals surface area contributed by atoms with E-state index in [1.807, 2.05) is 6.07 Å². The Hall–Kier alpha value is -9.44. The molecule has 2 aromatic heterocycles. The van der Waals surface area contributed by atoms with Crippen LogP contribution in [-0.2, 0) is 5.41 Å². The second kappa shape index (κ2) is 16.9. The minimum atomic E-state index is -0.462. The summed E-state index contributed by atoms with van der Waals surface area (Å²) in [6, 6.07) is 98.9. The van der Waals surface area contributed by atoms with Crippen LogP contribution in [0.15, 0.2) is 273 Å². The quantitative estimate of drug-likeness (QED) is 0.152. The lowest BCUT2D eigenvalue weighted by Gasteiger charge is -2.34. The molecule has 0 radical (unpaired) electrons. The number of hydrogen-bond acceptors (Lipinski definition) is 2. The molecule has 2 heterocycles.